The van der Waals surface area contributed by atoms with E-state index in [9.17, 15) is 0 Å². The van der Waals surface area contributed by atoms with Crippen LogP contribution in [0.2, 0.25) is 0 Å². The molecule has 6 heteroatoms. The molecule has 0 saturated carbocycles. The second-order valence-electron chi connectivity index (χ2n) is 3.69. The van der Waals surface area contributed by atoms with Crippen LogP contribution in [0.3, 0.4) is 0 Å². The minimum absolute atomic E-state index is 0.627. The van der Waals surface area contributed by atoms with Gasteiger partial charge in [-0.05, 0) is 34.1 Å². The van der Waals surface area contributed by atoms with E-state index in [0.29, 0.717) is 6.61 Å². The highest BCUT2D eigenvalue weighted by atomic mass is 79.9. The lowest BCUT2D eigenvalue weighted by atomic mass is 10.2. The summed E-state index contributed by atoms with van der Waals surface area (Å²) in [5, 5.41) is 8.07. The van der Waals surface area contributed by atoms with Crippen molar-refractivity contribution in [1.82, 2.24) is 14.8 Å². The molecular weight excluding hydrogens is 298 g/mol. The fraction of sp³-hybridized carbons (Fsp3) is 0.333. The van der Waals surface area contributed by atoms with Crippen LogP contribution in [-0.4, -0.2) is 35.6 Å². The Labute approximate surface area is 114 Å². The van der Waals surface area contributed by atoms with E-state index >= 15 is 0 Å². The number of benzene rings is 1. The fourth-order valence-corrected chi connectivity index (χ4v) is 2.18. The van der Waals surface area contributed by atoms with E-state index in [1.54, 1.807) is 20.5 Å². The number of methoxy groups -OCH3 is 2. The summed E-state index contributed by atoms with van der Waals surface area (Å²) in [6, 6.07) is 5.82. The third-order valence-electron chi connectivity index (χ3n) is 2.56. The third-order valence-corrected chi connectivity index (χ3v) is 3.18. The zero-order valence-electron chi connectivity index (χ0n) is 10.3. The number of hydrogen-bond acceptors (Lipinski definition) is 4. The smallest absolute Gasteiger partial charge is 0.163 e. The first-order chi connectivity index (χ1) is 8.76. The lowest BCUT2D eigenvalue weighted by molar-refractivity contribution is 0.187. The van der Waals surface area contributed by atoms with Gasteiger partial charge in [0.05, 0.1) is 18.2 Å². The molecule has 1 heterocycles. The van der Waals surface area contributed by atoms with Crippen molar-refractivity contribution in [3.63, 3.8) is 0 Å². The van der Waals surface area contributed by atoms with Crippen LogP contribution >= 0.6 is 15.9 Å². The summed E-state index contributed by atoms with van der Waals surface area (Å²) >= 11 is 3.46. The van der Waals surface area contributed by atoms with Gasteiger partial charge >= 0.3 is 0 Å². The summed E-state index contributed by atoms with van der Waals surface area (Å²) in [4.78, 5) is 0. The van der Waals surface area contributed by atoms with Crippen LogP contribution < -0.4 is 4.74 Å². The number of nitrogens with zero attached hydrogens (tertiary/aromatic N) is 3. The molecule has 0 unspecified atom stereocenters. The molecule has 0 bridgehead atoms. The van der Waals surface area contributed by atoms with E-state index in [1.165, 1.54) is 0 Å². The standard InChI is InChI=1S/C12H14BrN3O2/c1-17-6-5-16-8-14-15-12(16)9-3-4-11(18-2)10(13)7-9/h3-4,7-8H,5-6H2,1-2H3. The number of halogens is 1. The minimum atomic E-state index is 0.627. The Hall–Kier alpha value is -1.40. The first-order valence-corrected chi connectivity index (χ1v) is 6.26. The summed E-state index contributed by atoms with van der Waals surface area (Å²) in [5.41, 5.74) is 0.983. The van der Waals surface area contributed by atoms with Gasteiger partial charge in [-0.3, -0.25) is 0 Å². The largest absolute Gasteiger partial charge is 0.496 e. The zero-order valence-corrected chi connectivity index (χ0v) is 11.8. The molecule has 0 saturated heterocycles. The molecule has 1 aromatic carbocycles. The van der Waals surface area contributed by atoms with Gasteiger partial charge in [-0.1, -0.05) is 0 Å². The van der Waals surface area contributed by atoms with Gasteiger partial charge in [0.1, 0.15) is 12.1 Å². The maximum absolute atomic E-state index is 5.20. The molecule has 2 rings (SSSR count). The number of hydrogen-bond donors (Lipinski definition) is 0. The van der Waals surface area contributed by atoms with Crippen molar-refractivity contribution in [3.8, 4) is 17.1 Å². The van der Waals surface area contributed by atoms with Crippen molar-refractivity contribution in [1.29, 1.82) is 0 Å². The fourth-order valence-electron chi connectivity index (χ4n) is 1.64. The molecule has 2 aromatic rings. The third kappa shape index (κ3) is 2.70. The van der Waals surface area contributed by atoms with Crippen LogP contribution in [-0.2, 0) is 11.3 Å². The van der Waals surface area contributed by atoms with Gasteiger partial charge in [0, 0.05) is 19.2 Å². The van der Waals surface area contributed by atoms with Gasteiger partial charge in [0.25, 0.3) is 0 Å². The van der Waals surface area contributed by atoms with Crippen molar-refractivity contribution < 1.29 is 9.47 Å². The summed E-state index contributed by atoms with van der Waals surface area (Å²) in [6.45, 7) is 1.35. The lowest BCUT2D eigenvalue weighted by Crippen LogP contribution is -2.04. The van der Waals surface area contributed by atoms with E-state index in [4.69, 9.17) is 9.47 Å². The second-order valence-corrected chi connectivity index (χ2v) is 4.54. The molecule has 18 heavy (non-hydrogen) atoms. The molecule has 0 atom stereocenters. The number of rotatable bonds is 5. The van der Waals surface area contributed by atoms with E-state index in [0.717, 1.165) is 28.2 Å². The van der Waals surface area contributed by atoms with Crippen molar-refractivity contribution in [2.75, 3.05) is 20.8 Å². The van der Waals surface area contributed by atoms with Crippen LogP contribution in [0.1, 0.15) is 0 Å². The predicted molar refractivity (Wildman–Crippen MR) is 71.6 cm³/mol. The first-order valence-electron chi connectivity index (χ1n) is 5.47. The topological polar surface area (TPSA) is 49.2 Å². The molecule has 0 aliphatic carbocycles. The highest BCUT2D eigenvalue weighted by Gasteiger charge is 2.09. The molecule has 0 fully saturated rings. The quantitative estimate of drug-likeness (QED) is 0.850. The van der Waals surface area contributed by atoms with Crippen LogP contribution in [0.5, 0.6) is 5.75 Å². The molecular formula is C12H14BrN3O2. The zero-order chi connectivity index (χ0) is 13.0. The summed E-state index contributed by atoms with van der Waals surface area (Å²) < 4.78 is 13.1. The minimum Gasteiger partial charge on any atom is -0.496 e. The van der Waals surface area contributed by atoms with Gasteiger partial charge in [-0.2, -0.15) is 0 Å². The van der Waals surface area contributed by atoms with Crippen LogP contribution in [0.4, 0.5) is 0 Å². The molecule has 96 valence electrons. The van der Waals surface area contributed by atoms with Crippen LogP contribution in [0.15, 0.2) is 29.0 Å². The maximum atomic E-state index is 5.20. The number of ether oxygens (including phenoxy) is 2. The summed E-state index contributed by atoms with van der Waals surface area (Å²) in [5.74, 6) is 1.61. The van der Waals surface area contributed by atoms with Gasteiger partial charge in [-0.25, -0.2) is 0 Å². The maximum Gasteiger partial charge on any atom is 0.163 e. The van der Waals surface area contributed by atoms with Crippen LogP contribution in [0.25, 0.3) is 11.4 Å². The highest BCUT2D eigenvalue weighted by molar-refractivity contribution is 9.10. The Morgan fingerprint density at radius 1 is 1.33 bits per heavy atom. The second kappa shape index (κ2) is 5.97. The van der Waals surface area contributed by atoms with Crippen molar-refractivity contribution in [2.24, 2.45) is 0 Å². The number of aromatic nitrogens is 3. The SMILES string of the molecule is COCCn1cnnc1-c1ccc(OC)c(Br)c1. The first kappa shape index (κ1) is 13.0. The lowest BCUT2D eigenvalue weighted by Gasteiger charge is -2.08. The van der Waals surface area contributed by atoms with E-state index < -0.39 is 0 Å². The normalized spacial score (nSPS) is 10.6. The molecule has 0 aliphatic rings. The van der Waals surface area contributed by atoms with Crippen molar-refractivity contribution >= 4 is 15.9 Å². The molecule has 0 radical (unpaired) electrons. The van der Waals surface area contributed by atoms with Gasteiger partial charge < -0.3 is 14.0 Å². The summed E-state index contributed by atoms with van der Waals surface area (Å²) in [7, 11) is 3.31. The van der Waals surface area contributed by atoms with Crippen molar-refractivity contribution in [3.05, 3.63) is 29.0 Å². The van der Waals surface area contributed by atoms with E-state index in [2.05, 4.69) is 26.1 Å². The molecule has 0 spiro atoms. The average Bonchev–Trinajstić information content (AvgIpc) is 2.84. The summed E-state index contributed by atoms with van der Waals surface area (Å²) in [6.07, 6.45) is 1.70. The monoisotopic (exact) mass is 311 g/mol. The van der Waals surface area contributed by atoms with Gasteiger partial charge in [0.15, 0.2) is 5.82 Å². The van der Waals surface area contributed by atoms with Gasteiger partial charge in [-0.15, -0.1) is 10.2 Å². The van der Waals surface area contributed by atoms with Gasteiger partial charge in [0.2, 0.25) is 0 Å². The molecule has 0 N–H and O–H groups in total. The van der Waals surface area contributed by atoms with Crippen LogP contribution in [0, 0.1) is 0 Å². The highest BCUT2D eigenvalue weighted by Crippen LogP contribution is 2.29. The molecule has 0 aliphatic heterocycles. The Balaban J connectivity index is 2.31. The average molecular weight is 312 g/mol. The van der Waals surface area contributed by atoms with Crippen molar-refractivity contribution in [2.45, 2.75) is 6.54 Å². The van der Waals surface area contributed by atoms with E-state index in [1.807, 2.05) is 22.8 Å². The predicted octanol–water partition coefficient (Wildman–Crippen LogP) is 2.36. The van der Waals surface area contributed by atoms with E-state index in [-0.39, 0.29) is 0 Å². The Kier molecular flexibility index (Phi) is 4.33. The Morgan fingerprint density at radius 3 is 2.83 bits per heavy atom. The Morgan fingerprint density at radius 2 is 2.17 bits per heavy atom. The molecule has 0 amide bonds. The molecule has 1 aromatic heterocycles. The molecule has 5 nitrogen and oxygen atoms in total. The Bertz CT molecular complexity index is 528.